The summed E-state index contributed by atoms with van der Waals surface area (Å²) in [7, 11) is 0. The van der Waals surface area contributed by atoms with E-state index >= 15 is 0 Å². The Labute approximate surface area is 149 Å². The second-order valence-electron chi connectivity index (χ2n) is 4.81. The van der Waals surface area contributed by atoms with Crippen LogP contribution in [0.4, 0.5) is 0 Å². The number of nitriles is 2. The largest absolute Gasteiger partial charge is 0.490 e. The summed E-state index contributed by atoms with van der Waals surface area (Å²) in [5, 5.41) is 17.8. The Morgan fingerprint density at radius 2 is 1.75 bits per heavy atom. The van der Waals surface area contributed by atoms with Gasteiger partial charge in [0.1, 0.15) is 24.3 Å². The molecule has 5 heteroatoms. The molecule has 0 saturated heterocycles. The molecule has 2 aromatic rings. The van der Waals surface area contributed by atoms with E-state index in [1.54, 1.807) is 12.1 Å². The molecule has 0 radical (unpaired) electrons. The third-order valence-electron chi connectivity index (χ3n) is 3.14. The van der Waals surface area contributed by atoms with Crippen LogP contribution in [0.5, 0.6) is 11.5 Å². The topological polar surface area (TPSA) is 66.0 Å². The molecule has 0 aliphatic heterocycles. The minimum absolute atomic E-state index is 0.0242. The van der Waals surface area contributed by atoms with Crippen molar-refractivity contribution in [1.29, 1.82) is 10.5 Å². The van der Waals surface area contributed by atoms with Crippen molar-refractivity contribution < 1.29 is 9.47 Å². The highest BCUT2D eigenvalue weighted by molar-refractivity contribution is 9.10. The van der Waals surface area contributed by atoms with Gasteiger partial charge in [-0.3, -0.25) is 0 Å². The van der Waals surface area contributed by atoms with Gasteiger partial charge in [0.2, 0.25) is 0 Å². The lowest BCUT2D eigenvalue weighted by atomic mass is 10.1. The average molecular weight is 383 g/mol. The molecule has 0 fully saturated rings. The minimum atomic E-state index is 0.0242. The normalized spacial score (nSPS) is 9.50. The third kappa shape index (κ3) is 4.62. The molecule has 0 aromatic heterocycles. The first-order chi connectivity index (χ1) is 11.7. The Hall–Kier alpha value is -2.76. The molecule has 0 spiro atoms. The van der Waals surface area contributed by atoms with Crippen LogP contribution in [0.1, 0.15) is 18.1 Å². The molecule has 0 saturated carbocycles. The van der Waals surface area contributed by atoms with Gasteiger partial charge in [-0.1, -0.05) is 46.3 Å². The van der Waals surface area contributed by atoms with Gasteiger partial charge in [-0.05, 0) is 36.3 Å². The van der Waals surface area contributed by atoms with E-state index in [0.29, 0.717) is 30.3 Å². The Balaban J connectivity index is 2.31. The number of ether oxygens (including phenoxy) is 2. The van der Waals surface area contributed by atoms with Crippen molar-refractivity contribution in [3.8, 4) is 23.6 Å². The quantitative estimate of drug-likeness (QED) is 0.669. The molecule has 0 amide bonds. The van der Waals surface area contributed by atoms with Crippen molar-refractivity contribution in [2.75, 3.05) is 6.61 Å². The van der Waals surface area contributed by atoms with E-state index in [1.165, 1.54) is 6.08 Å². The van der Waals surface area contributed by atoms with Crippen LogP contribution in [-0.4, -0.2) is 6.61 Å². The Kier molecular flexibility index (Phi) is 6.42. The number of benzene rings is 2. The zero-order valence-corrected chi connectivity index (χ0v) is 14.7. The van der Waals surface area contributed by atoms with Crippen molar-refractivity contribution in [2.24, 2.45) is 0 Å². The zero-order valence-electron chi connectivity index (χ0n) is 13.1. The molecule has 0 heterocycles. The molecule has 4 nitrogen and oxygen atoms in total. The smallest absolute Gasteiger partial charge is 0.162 e. The molecular weight excluding hydrogens is 368 g/mol. The highest BCUT2D eigenvalue weighted by Crippen LogP contribution is 2.35. The van der Waals surface area contributed by atoms with Gasteiger partial charge in [-0.25, -0.2) is 0 Å². The van der Waals surface area contributed by atoms with Gasteiger partial charge in [0.15, 0.2) is 11.5 Å². The van der Waals surface area contributed by atoms with Crippen LogP contribution >= 0.6 is 15.9 Å². The van der Waals surface area contributed by atoms with Gasteiger partial charge in [0.05, 0.1) is 6.61 Å². The molecule has 2 aromatic carbocycles. The van der Waals surface area contributed by atoms with E-state index in [0.717, 1.165) is 10.0 Å². The SMILES string of the molecule is CCOc1cc(C=C(C#N)C#N)c(Br)cc1OCc1ccccc1. The van der Waals surface area contributed by atoms with Gasteiger partial charge in [-0.15, -0.1) is 0 Å². The molecule has 0 aliphatic rings. The number of rotatable bonds is 6. The first-order valence-electron chi connectivity index (χ1n) is 7.33. The van der Waals surface area contributed by atoms with Crippen molar-refractivity contribution in [1.82, 2.24) is 0 Å². The standard InChI is InChI=1S/C19H15BrN2O2/c1-2-23-18-9-16(8-15(11-21)12-22)17(20)10-19(18)24-13-14-6-4-3-5-7-14/h3-10H,2,13H2,1H3. The number of nitrogens with zero attached hydrogens (tertiary/aromatic N) is 2. The molecule has 0 bridgehead atoms. The number of hydrogen-bond acceptors (Lipinski definition) is 4. The number of halogens is 1. The van der Waals surface area contributed by atoms with Gasteiger partial charge in [0.25, 0.3) is 0 Å². The van der Waals surface area contributed by atoms with E-state index in [9.17, 15) is 0 Å². The van der Waals surface area contributed by atoms with Crippen LogP contribution in [0.15, 0.2) is 52.5 Å². The molecule has 24 heavy (non-hydrogen) atoms. The van der Waals surface area contributed by atoms with Crippen LogP contribution < -0.4 is 9.47 Å². The Morgan fingerprint density at radius 3 is 2.38 bits per heavy atom. The second-order valence-corrected chi connectivity index (χ2v) is 5.66. The molecule has 0 unspecified atom stereocenters. The summed E-state index contributed by atoms with van der Waals surface area (Å²) in [6, 6.07) is 17.1. The van der Waals surface area contributed by atoms with Gasteiger partial charge < -0.3 is 9.47 Å². The zero-order chi connectivity index (χ0) is 17.4. The van der Waals surface area contributed by atoms with E-state index in [-0.39, 0.29) is 5.57 Å². The highest BCUT2D eigenvalue weighted by atomic mass is 79.9. The Bertz CT molecular complexity index is 802. The first kappa shape index (κ1) is 17.6. The van der Waals surface area contributed by atoms with Crippen LogP contribution in [-0.2, 0) is 6.61 Å². The minimum Gasteiger partial charge on any atom is -0.490 e. The van der Waals surface area contributed by atoms with Crippen LogP contribution in [0.25, 0.3) is 6.08 Å². The second kappa shape index (κ2) is 8.76. The van der Waals surface area contributed by atoms with Gasteiger partial charge in [0, 0.05) is 4.47 Å². The van der Waals surface area contributed by atoms with Crippen molar-refractivity contribution in [3.05, 3.63) is 63.6 Å². The molecular formula is C19H15BrN2O2. The van der Waals surface area contributed by atoms with Crippen molar-refractivity contribution in [3.63, 3.8) is 0 Å². The summed E-state index contributed by atoms with van der Waals surface area (Å²) >= 11 is 3.45. The maximum atomic E-state index is 8.90. The monoisotopic (exact) mass is 382 g/mol. The van der Waals surface area contributed by atoms with Crippen molar-refractivity contribution in [2.45, 2.75) is 13.5 Å². The summed E-state index contributed by atoms with van der Waals surface area (Å²) in [6.45, 7) is 2.79. The number of hydrogen-bond donors (Lipinski definition) is 0. The molecule has 120 valence electrons. The predicted octanol–water partition coefficient (Wildman–Crippen LogP) is 4.86. The first-order valence-corrected chi connectivity index (χ1v) is 8.12. The average Bonchev–Trinajstić information content (AvgIpc) is 2.61. The summed E-state index contributed by atoms with van der Waals surface area (Å²) in [6.07, 6.45) is 1.51. The summed E-state index contributed by atoms with van der Waals surface area (Å²) < 4.78 is 12.2. The van der Waals surface area contributed by atoms with E-state index in [4.69, 9.17) is 20.0 Å². The third-order valence-corrected chi connectivity index (χ3v) is 3.83. The van der Waals surface area contributed by atoms with E-state index < -0.39 is 0 Å². The fraction of sp³-hybridized carbons (Fsp3) is 0.158. The van der Waals surface area contributed by atoms with Crippen LogP contribution in [0, 0.1) is 22.7 Å². The van der Waals surface area contributed by atoms with E-state index in [2.05, 4.69) is 15.9 Å². The molecule has 0 N–H and O–H groups in total. The summed E-state index contributed by atoms with van der Waals surface area (Å²) in [5.74, 6) is 1.17. The van der Waals surface area contributed by atoms with Gasteiger partial charge in [-0.2, -0.15) is 10.5 Å². The van der Waals surface area contributed by atoms with Gasteiger partial charge >= 0.3 is 0 Å². The van der Waals surface area contributed by atoms with Crippen LogP contribution in [0.3, 0.4) is 0 Å². The molecule has 2 rings (SSSR count). The summed E-state index contributed by atoms with van der Waals surface area (Å²) in [5.41, 5.74) is 1.76. The van der Waals surface area contributed by atoms with Crippen molar-refractivity contribution >= 4 is 22.0 Å². The Morgan fingerprint density at radius 1 is 1.08 bits per heavy atom. The lowest BCUT2D eigenvalue weighted by Crippen LogP contribution is -2.00. The van der Waals surface area contributed by atoms with Crippen LogP contribution in [0.2, 0.25) is 0 Å². The fourth-order valence-corrected chi connectivity index (χ4v) is 2.46. The lowest BCUT2D eigenvalue weighted by molar-refractivity contribution is 0.269. The fourth-order valence-electron chi connectivity index (χ4n) is 2.02. The molecule has 0 aliphatic carbocycles. The number of allylic oxidation sites excluding steroid dienone is 1. The summed E-state index contributed by atoms with van der Waals surface area (Å²) in [4.78, 5) is 0. The predicted molar refractivity (Wildman–Crippen MR) is 95.3 cm³/mol. The highest BCUT2D eigenvalue weighted by Gasteiger charge is 2.11. The maximum absolute atomic E-state index is 8.90. The van der Waals surface area contributed by atoms with E-state index in [1.807, 2.05) is 49.4 Å². The maximum Gasteiger partial charge on any atom is 0.162 e. The molecule has 0 atom stereocenters. The lowest BCUT2D eigenvalue weighted by Gasteiger charge is -2.14.